The number of ether oxygens (including phenoxy) is 3. The summed E-state index contributed by atoms with van der Waals surface area (Å²) in [5.74, 6) is -0.551. The molecule has 1 aliphatic rings. The number of urea groups is 1. The van der Waals surface area contributed by atoms with E-state index in [4.69, 9.17) is 14.2 Å². The van der Waals surface area contributed by atoms with Crippen molar-refractivity contribution in [2.45, 2.75) is 64.4 Å². The summed E-state index contributed by atoms with van der Waals surface area (Å²) in [5.41, 5.74) is 5.60. The van der Waals surface area contributed by atoms with Gasteiger partial charge in [0.2, 0.25) is 12.7 Å². The monoisotopic (exact) mass is 723 g/mol. The van der Waals surface area contributed by atoms with E-state index in [1.807, 2.05) is 66.7 Å². The van der Waals surface area contributed by atoms with Gasteiger partial charge in [-0.15, -0.1) is 0 Å². The van der Waals surface area contributed by atoms with Gasteiger partial charge in [-0.2, -0.15) is 0 Å². The molecule has 4 amide bonds. The Kier molecular flexibility index (Phi) is 13.9. The number of anilines is 1. The van der Waals surface area contributed by atoms with Crippen LogP contribution in [0.5, 0.6) is 11.5 Å². The topological polar surface area (TPSA) is 176 Å². The normalized spacial score (nSPS) is 12.5. The number of unbranched alkanes of at least 4 members (excludes halogenated alkanes) is 1. The molecule has 13 heteroatoms. The second-order valence-corrected chi connectivity index (χ2v) is 12.6. The van der Waals surface area contributed by atoms with Crippen molar-refractivity contribution >= 4 is 29.7 Å². The molecule has 0 spiro atoms. The maximum atomic E-state index is 13.5. The summed E-state index contributed by atoms with van der Waals surface area (Å²) in [7, 11) is 0. The van der Waals surface area contributed by atoms with E-state index in [-0.39, 0.29) is 26.4 Å². The third kappa shape index (κ3) is 12.2. The fourth-order valence-electron chi connectivity index (χ4n) is 5.68. The summed E-state index contributed by atoms with van der Waals surface area (Å²) in [4.78, 5) is 50.6. The molecule has 0 saturated carbocycles. The van der Waals surface area contributed by atoms with Crippen LogP contribution in [0.2, 0.25) is 0 Å². The van der Waals surface area contributed by atoms with Crippen LogP contribution in [0.25, 0.3) is 0 Å². The summed E-state index contributed by atoms with van der Waals surface area (Å²) in [6.07, 6.45) is 0.314. The maximum Gasteiger partial charge on any atom is 0.407 e. The first kappa shape index (κ1) is 38.0. The van der Waals surface area contributed by atoms with E-state index < -0.39 is 42.5 Å². The smallest absolute Gasteiger partial charge is 0.407 e. The number of amides is 4. The van der Waals surface area contributed by atoms with Gasteiger partial charge >= 0.3 is 18.1 Å². The van der Waals surface area contributed by atoms with Gasteiger partial charge in [-0.3, -0.25) is 9.59 Å². The average molecular weight is 724 g/mol. The zero-order valence-corrected chi connectivity index (χ0v) is 29.6. The lowest BCUT2D eigenvalue weighted by Gasteiger charge is -2.22. The highest BCUT2D eigenvalue weighted by atomic mass is 16.7. The van der Waals surface area contributed by atoms with Gasteiger partial charge in [-0.1, -0.05) is 72.8 Å². The summed E-state index contributed by atoms with van der Waals surface area (Å²) in [5, 5.41) is 24.0. The lowest BCUT2D eigenvalue weighted by Crippen LogP contribution is -2.50. The van der Waals surface area contributed by atoms with E-state index in [2.05, 4.69) is 45.6 Å². The molecule has 1 heterocycles. The highest BCUT2D eigenvalue weighted by Crippen LogP contribution is 2.34. The van der Waals surface area contributed by atoms with Crippen LogP contribution in [-0.4, -0.2) is 48.5 Å². The van der Waals surface area contributed by atoms with E-state index in [1.54, 1.807) is 18.2 Å². The van der Waals surface area contributed by atoms with Crippen molar-refractivity contribution in [2.75, 3.05) is 18.7 Å². The van der Waals surface area contributed by atoms with Gasteiger partial charge in [0.05, 0.1) is 12.5 Å². The number of nitrogens with one attached hydrogen (secondary N) is 5. The molecular weight excluding hydrogens is 678 g/mol. The van der Waals surface area contributed by atoms with Crippen LogP contribution in [0, 0.1) is 6.92 Å². The SMILES string of the molecule is Cc1ccccc1CNc1ccc(CNC(=O)[C@H](CCCCNC(=O)OCc2ccccc2)NC(=O)N[C@@H](CC(=O)O)c2ccc3c(c2)OCO3)cc1. The summed E-state index contributed by atoms with van der Waals surface area (Å²) >= 11 is 0. The van der Waals surface area contributed by atoms with Crippen molar-refractivity contribution in [3.05, 3.63) is 125 Å². The minimum absolute atomic E-state index is 0.0481. The van der Waals surface area contributed by atoms with Crippen LogP contribution in [0.1, 0.15) is 59.5 Å². The van der Waals surface area contributed by atoms with E-state index in [1.165, 1.54) is 11.1 Å². The third-order valence-electron chi connectivity index (χ3n) is 8.67. The Morgan fingerprint density at radius 2 is 1.55 bits per heavy atom. The third-order valence-corrected chi connectivity index (χ3v) is 8.67. The predicted molar refractivity (Wildman–Crippen MR) is 198 cm³/mol. The first-order valence-electron chi connectivity index (χ1n) is 17.5. The van der Waals surface area contributed by atoms with Crippen molar-refractivity contribution in [3.63, 3.8) is 0 Å². The minimum atomic E-state index is -1.12. The van der Waals surface area contributed by atoms with E-state index >= 15 is 0 Å². The standard InChI is InChI=1S/C40H45N5O8/c1-27-9-5-6-12-31(27)24-42-32-17-14-28(15-18-32)23-43-38(48)33(13-7-8-20-41-40(50)51-25-29-10-3-2-4-11-29)44-39(49)45-34(22-37(46)47)30-16-19-35-36(21-30)53-26-52-35/h2-6,9-12,14-19,21,33-34,42H,7-8,13,20,22-26H2,1H3,(H,41,50)(H,43,48)(H,46,47)(H2,44,45,49)/t33-,34-/m0/s1. The van der Waals surface area contributed by atoms with Crippen molar-refractivity contribution in [3.8, 4) is 11.5 Å². The number of aryl methyl sites for hydroxylation is 1. The van der Waals surface area contributed by atoms with Crippen molar-refractivity contribution in [1.29, 1.82) is 0 Å². The van der Waals surface area contributed by atoms with Gasteiger partial charge in [0, 0.05) is 25.3 Å². The molecule has 0 bridgehead atoms. The van der Waals surface area contributed by atoms with Crippen molar-refractivity contribution < 1.29 is 38.5 Å². The van der Waals surface area contributed by atoms with E-state index in [0.29, 0.717) is 43.0 Å². The molecule has 278 valence electrons. The number of carboxylic acid groups (broad SMARTS) is 1. The number of hydrogen-bond donors (Lipinski definition) is 6. The number of aliphatic carboxylic acids is 1. The van der Waals surface area contributed by atoms with Crippen LogP contribution in [0.3, 0.4) is 0 Å². The molecule has 0 unspecified atom stereocenters. The van der Waals surface area contributed by atoms with E-state index in [9.17, 15) is 24.3 Å². The molecule has 53 heavy (non-hydrogen) atoms. The predicted octanol–water partition coefficient (Wildman–Crippen LogP) is 5.93. The number of hydrogen-bond acceptors (Lipinski definition) is 8. The van der Waals surface area contributed by atoms with Gasteiger partial charge in [-0.25, -0.2) is 9.59 Å². The molecule has 2 atom stereocenters. The number of rotatable bonds is 18. The number of carbonyl (C=O) groups is 4. The highest BCUT2D eigenvalue weighted by Gasteiger charge is 2.25. The zero-order valence-electron chi connectivity index (χ0n) is 29.6. The molecule has 4 aromatic rings. The molecule has 0 aromatic heterocycles. The number of benzene rings is 4. The Bertz CT molecular complexity index is 1840. The zero-order chi connectivity index (χ0) is 37.4. The highest BCUT2D eigenvalue weighted by molar-refractivity contribution is 5.87. The van der Waals surface area contributed by atoms with Gasteiger partial charge in [0.25, 0.3) is 0 Å². The Labute approximate surface area is 308 Å². The molecule has 13 nitrogen and oxygen atoms in total. The van der Waals surface area contributed by atoms with Crippen LogP contribution in [-0.2, 0) is 34.0 Å². The molecule has 5 rings (SSSR count). The fraction of sp³-hybridized carbons (Fsp3) is 0.300. The summed E-state index contributed by atoms with van der Waals surface area (Å²) < 4.78 is 16.0. The quantitative estimate of drug-likeness (QED) is 0.0680. The second-order valence-electron chi connectivity index (χ2n) is 12.6. The Hall–Kier alpha value is -6.24. The van der Waals surface area contributed by atoms with Crippen molar-refractivity contribution in [2.24, 2.45) is 0 Å². The van der Waals surface area contributed by atoms with Crippen molar-refractivity contribution in [1.82, 2.24) is 21.3 Å². The van der Waals surface area contributed by atoms with Gasteiger partial charge in [-0.05, 0) is 78.3 Å². The second kappa shape index (κ2) is 19.4. The lowest BCUT2D eigenvalue weighted by atomic mass is 10.0. The Morgan fingerprint density at radius 1 is 0.792 bits per heavy atom. The number of carbonyl (C=O) groups excluding carboxylic acids is 3. The largest absolute Gasteiger partial charge is 0.481 e. The lowest BCUT2D eigenvalue weighted by molar-refractivity contribution is -0.137. The molecule has 1 aliphatic heterocycles. The van der Waals surface area contributed by atoms with E-state index in [0.717, 1.165) is 16.8 Å². The van der Waals surface area contributed by atoms with Crippen LogP contribution in [0.4, 0.5) is 15.3 Å². The van der Waals surface area contributed by atoms with Crippen LogP contribution < -0.4 is 36.1 Å². The summed E-state index contributed by atoms with van der Waals surface area (Å²) in [6, 6.07) is 27.6. The fourth-order valence-corrected chi connectivity index (χ4v) is 5.68. The summed E-state index contributed by atoms with van der Waals surface area (Å²) in [6.45, 7) is 3.49. The van der Waals surface area contributed by atoms with Crippen LogP contribution in [0.15, 0.2) is 97.1 Å². The minimum Gasteiger partial charge on any atom is -0.481 e. The number of fused-ring (bicyclic) bond motifs is 1. The first-order valence-corrected chi connectivity index (χ1v) is 17.5. The molecular formula is C40H45N5O8. The Balaban J connectivity index is 1.15. The van der Waals surface area contributed by atoms with Gasteiger partial charge < -0.3 is 45.9 Å². The molecule has 0 aliphatic carbocycles. The number of carboxylic acids is 1. The van der Waals surface area contributed by atoms with Crippen LogP contribution >= 0.6 is 0 Å². The molecule has 6 N–H and O–H groups in total. The first-order chi connectivity index (χ1) is 25.7. The molecule has 4 aromatic carbocycles. The Morgan fingerprint density at radius 3 is 2.32 bits per heavy atom. The van der Waals surface area contributed by atoms with Gasteiger partial charge in [0.1, 0.15) is 12.6 Å². The molecule has 0 radical (unpaired) electrons. The number of alkyl carbamates (subject to hydrolysis) is 1. The molecule has 0 fully saturated rings. The van der Waals surface area contributed by atoms with Gasteiger partial charge in [0.15, 0.2) is 11.5 Å². The average Bonchev–Trinajstić information content (AvgIpc) is 3.64. The maximum absolute atomic E-state index is 13.5. The molecule has 0 saturated heterocycles.